The van der Waals surface area contributed by atoms with Crippen molar-refractivity contribution in [2.45, 2.75) is 51.4 Å². The van der Waals surface area contributed by atoms with E-state index in [1.54, 1.807) is 0 Å². The summed E-state index contributed by atoms with van der Waals surface area (Å²) in [5.41, 5.74) is 16.3. The Balaban J connectivity index is 1.21. The molecule has 10 rings (SSSR count). The number of rotatable bonds is 4. The molecule has 0 N–H and O–H groups in total. The van der Waals surface area contributed by atoms with Crippen molar-refractivity contribution in [3.63, 3.8) is 0 Å². The van der Waals surface area contributed by atoms with Gasteiger partial charge in [0, 0.05) is 32.9 Å². The minimum absolute atomic E-state index is 1.03. The van der Waals surface area contributed by atoms with Gasteiger partial charge >= 0.3 is 0 Å². The highest BCUT2D eigenvalue weighted by Gasteiger charge is 2.23. The van der Waals surface area contributed by atoms with Crippen LogP contribution in [0.5, 0.6) is 0 Å². The van der Waals surface area contributed by atoms with Crippen LogP contribution in [0.15, 0.2) is 156 Å². The van der Waals surface area contributed by atoms with Crippen molar-refractivity contribution in [3.05, 3.63) is 156 Å². The Labute approximate surface area is 281 Å². The van der Waals surface area contributed by atoms with E-state index in [4.69, 9.17) is 0 Å². The number of nitrogens with zero attached hydrogens (tertiary/aromatic N) is 2. The molecule has 0 unspecified atom stereocenters. The predicted octanol–water partition coefficient (Wildman–Crippen LogP) is 12.7. The van der Waals surface area contributed by atoms with Crippen molar-refractivity contribution in [1.29, 1.82) is 0 Å². The first-order valence-corrected chi connectivity index (χ1v) is 17.8. The fourth-order valence-electron chi connectivity index (χ4n) is 8.85. The fourth-order valence-corrected chi connectivity index (χ4v) is 8.85. The Hall–Kier alpha value is -5.34. The van der Waals surface area contributed by atoms with Crippen molar-refractivity contribution in [1.82, 2.24) is 9.13 Å². The minimum Gasteiger partial charge on any atom is -0.313 e. The molecule has 48 heavy (non-hydrogen) atoms. The summed E-state index contributed by atoms with van der Waals surface area (Å²) in [6.07, 6.45) is 27.9. The van der Waals surface area contributed by atoms with Gasteiger partial charge in [0.25, 0.3) is 0 Å². The molecule has 0 atom stereocenters. The van der Waals surface area contributed by atoms with Crippen molar-refractivity contribution in [2.75, 3.05) is 0 Å². The van der Waals surface area contributed by atoms with Crippen LogP contribution in [-0.4, -0.2) is 9.13 Å². The van der Waals surface area contributed by atoms with E-state index in [1.165, 1.54) is 88.4 Å². The zero-order chi connectivity index (χ0) is 31.6. The predicted molar refractivity (Wildman–Crippen MR) is 205 cm³/mol. The highest BCUT2D eigenvalue weighted by molar-refractivity contribution is 6.22. The lowest BCUT2D eigenvalue weighted by molar-refractivity contribution is 0.870. The monoisotopic (exact) mass is 618 g/mol. The van der Waals surface area contributed by atoms with Crippen molar-refractivity contribution in [3.8, 4) is 11.1 Å². The molecule has 0 aliphatic heterocycles. The number of hydrogen-bond acceptors (Lipinski definition) is 0. The smallest absolute Gasteiger partial charge is 0.0544 e. The second-order valence-corrected chi connectivity index (χ2v) is 13.7. The van der Waals surface area contributed by atoms with Crippen molar-refractivity contribution >= 4 is 55.0 Å². The topological polar surface area (TPSA) is 9.86 Å². The summed E-state index contributed by atoms with van der Waals surface area (Å²) < 4.78 is 5.11. The molecular weight excluding hydrogens is 581 g/mol. The van der Waals surface area contributed by atoms with Gasteiger partial charge in [0.05, 0.1) is 22.1 Å². The van der Waals surface area contributed by atoms with Gasteiger partial charge in [-0.15, -0.1) is 0 Å². The molecule has 4 aromatic carbocycles. The number of para-hydroxylation sites is 2. The van der Waals surface area contributed by atoms with Crippen LogP contribution in [0.2, 0.25) is 0 Å². The maximum Gasteiger partial charge on any atom is 0.0544 e. The molecule has 6 aromatic rings. The molecule has 2 heteroatoms. The molecule has 0 fully saturated rings. The molecule has 0 amide bonds. The van der Waals surface area contributed by atoms with Gasteiger partial charge in [-0.25, -0.2) is 0 Å². The number of allylic oxidation sites excluding steroid dienone is 14. The van der Waals surface area contributed by atoms with E-state index < -0.39 is 0 Å². The third-order valence-electron chi connectivity index (χ3n) is 11.0. The van der Waals surface area contributed by atoms with Crippen LogP contribution in [0.25, 0.3) is 66.1 Å². The van der Waals surface area contributed by atoms with Gasteiger partial charge < -0.3 is 9.13 Å². The lowest BCUT2D eigenvalue weighted by Crippen LogP contribution is -2.05. The minimum atomic E-state index is 1.03. The standard InChI is InChI=1S/C46H38N2/c1-2-13-31(14-3-1)34-17-10-18-35(29-34)47-41-23-8-6-19-39(41)45-37(21-11-25-43(45)47)38-22-12-26-44-46(38)40-20-7-9-24-42(40)48(44)36-28-27-32-15-4-5-16-33(32)30-36/h2,4,6-9,11-15,17,19-26,29-30H,1,3,5,10,16,18,27-28H2. The van der Waals surface area contributed by atoms with E-state index in [9.17, 15) is 0 Å². The van der Waals surface area contributed by atoms with E-state index in [1.807, 2.05) is 0 Å². The van der Waals surface area contributed by atoms with Crippen molar-refractivity contribution in [2.24, 2.45) is 0 Å². The maximum atomic E-state index is 2.56. The molecule has 2 aromatic heterocycles. The van der Waals surface area contributed by atoms with E-state index >= 15 is 0 Å². The van der Waals surface area contributed by atoms with Crippen LogP contribution in [0.1, 0.15) is 51.4 Å². The Bertz CT molecular complexity index is 2550. The second-order valence-electron chi connectivity index (χ2n) is 13.7. The van der Waals surface area contributed by atoms with Crippen LogP contribution in [0, 0.1) is 0 Å². The van der Waals surface area contributed by atoms with E-state index in [2.05, 4.69) is 143 Å². The number of benzene rings is 4. The Morgan fingerprint density at radius 3 is 1.73 bits per heavy atom. The normalized spacial score (nSPS) is 18.0. The zero-order valence-corrected chi connectivity index (χ0v) is 27.3. The third-order valence-corrected chi connectivity index (χ3v) is 11.0. The molecule has 232 valence electrons. The maximum absolute atomic E-state index is 2.56. The van der Waals surface area contributed by atoms with Gasteiger partial charge in [-0.1, -0.05) is 97.1 Å². The first-order chi connectivity index (χ1) is 23.8. The Kier molecular flexibility index (Phi) is 6.43. The van der Waals surface area contributed by atoms with Crippen LogP contribution < -0.4 is 0 Å². The van der Waals surface area contributed by atoms with Gasteiger partial charge in [0.1, 0.15) is 0 Å². The molecular formula is C46H38N2. The number of aromatic nitrogens is 2. The Morgan fingerprint density at radius 2 is 1.04 bits per heavy atom. The summed E-state index contributed by atoms with van der Waals surface area (Å²) in [7, 11) is 0. The highest BCUT2D eigenvalue weighted by Crippen LogP contribution is 2.45. The summed E-state index contributed by atoms with van der Waals surface area (Å²) in [6.45, 7) is 0. The molecule has 4 aliphatic rings. The van der Waals surface area contributed by atoms with Gasteiger partial charge in [-0.2, -0.15) is 0 Å². The average Bonchev–Trinajstić information content (AvgIpc) is 3.68. The van der Waals surface area contributed by atoms with Gasteiger partial charge in [0.15, 0.2) is 0 Å². The summed E-state index contributed by atoms with van der Waals surface area (Å²) in [4.78, 5) is 0. The van der Waals surface area contributed by atoms with E-state index in [0.717, 1.165) is 51.4 Å². The SMILES string of the molecule is C1=CC(C2=CCCC(n3c4ccccc4c4c(-c5cccc6c5c5ccccc5n6C5=CC6=C(C=CCC6)CC5)cccc43)=C2)=CCC1. The van der Waals surface area contributed by atoms with Crippen LogP contribution in [0.3, 0.4) is 0 Å². The molecule has 2 heterocycles. The highest BCUT2D eigenvalue weighted by atomic mass is 15.0. The van der Waals surface area contributed by atoms with Gasteiger partial charge in [-0.05, 0) is 121 Å². The van der Waals surface area contributed by atoms with Crippen LogP contribution in [-0.2, 0) is 0 Å². The number of hydrogen-bond donors (Lipinski definition) is 0. The van der Waals surface area contributed by atoms with Gasteiger partial charge in [0.2, 0.25) is 0 Å². The summed E-state index contributed by atoms with van der Waals surface area (Å²) in [5, 5.41) is 5.33. The summed E-state index contributed by atoms with van der Waals surface area (Å²) >= 11 is 0. The molecule has 0 saturated carbocycles. The fraction of sp³-hybridized carbons (Fsp3) is 0.174. The Morgan fingerprint density at radius 1 is 0.417 bits per heavy atom. The molecule has 0 bridgehead atoms. The largest absolute Gasteiger partial charge is 0.313 e. The number of fused-ring (bicyclic) bond motifs is 6. The van der Waals surface area contributed by atoms with Crippen LogP contribution in [0.4, 0.5) is 0 Å². The lowest BCUT2D eigenvalue weighted by Gasteiger charge is -2.22. The van der Waals surface area contributed by atoms with Crippen LogP contribution >= 0.6 is 0 Å². The second kappa shape index (κ2) is 11.1. The van der Waals surface area contributed by atoms with Gasteiger partial charge in [-0.3, -0.25) is 0 Å². The molecule has 2 nitrogen and oxygen atoms in total. The first kappa shape index (κ1) is 27.7. The molecule has 4 aliphatic carbocycles. The summed E-state index contributed by atoms with van der Waals surface area (Å²) in [6, 6.07) is 32.0. The first-order valence-electron chi connectivity index (χ1n) is 17.8. The average molecular weight is 619 g/mol. The molecule has 0 radical (unpaired) electrons. The zero-order valence-electron chi connectivity index (χ0n) is 27.3. The van der Waals surface area contributed by atoms with Crippen molar-refractivity contribution < 1.29 is 0 Å². The van der Waals surface area contributed by atoms with E-state index in [0.29, 0.717) is 0 Å². The molecule has 0 spiro atoms. The summed E-state index contributed by atoms with van der Waals surface area (Å²) in [5.74, 6) is 0. The van der Waals surface area contributed by atoms with E-state index in [-0.39, 0.29) is 0 Å². The lowest BCUT2D eigenvalue weighted by atomic mass is 9.89. The molecule has 0 saturated heterocycles. The quantitative estimate of drug-likeness (QED) is 0.186. The third kappa shape index (κ3) is 4.25.